The fourth-order valence-electron chi connectivity index (χ4n) is 5.35. The van der Waals surface area contributed by atoms with Gasteiger partial charge < -0.3 is 23.1 Å². The molecular weight excluding hydrogens is 567 g/mol. The first-order chi connectivity index (χ1) is 16.8. The van der Waals surface area contributed by atoms with Gasteiger partial charge in [-0.3, -0.25) is 19.2 Å². The lowest BCUT2D eigenvalue weighted by molar-refractivity contribution is -0.153. The average Bonchev–Trinajstić information content (AvgIpc) is 3.48. The van der Waals surface area contributed by atoms with Crippen molar-refractivity contribution in [1.29, 1.82) is 0 Å². The zero-order valence-corrected chi connectivity index (χ0v) is 22.4. The van der Waals surface area contributed by atoms with Crippen molar-refractivity contribution < 1.29 is 32.1 Å². The average molecular weight is 604 g/mol. The zero-order chi connectivity index (χ0) is 25.3. The number of esters is 1. The first kappa shape index (κ1) is 27.9. The molecule has 1 saturated heterocycles. The van der Waals surface area contributed by atoms with Crippen molar-refractivity contribution in [2.45, 2.75) is 64.2 Å². The van der Waals surface area contributed by atoms with Crippen molar-refractivity contribution in [3.8, 4) is 0 Å². The van der Waals surface area contributed by atoms with Gasteiger partial charge in [0.2, 0.25) is 11.8 Å². The number of ether oxygens (including phenoxy) is 1. The molecule has 2 bridgehead atoms. The number of amides is 2. The van der Waals surface area contributed by atoms with Gasteiger partial charge in [-0.05, 0) is 50.4 Å². The van der Waals surface area contributed by atoms with Crippen molar-refractivity contribution in [2.24, 2.45) is 23.2 Å². The van der Waals surface area contributed by atoms with E-state index >= 15 is 0 Å². The van der Waals surface area contributed by atoms with E-state index in [0.717, 1.165) is 32.1 Å². The Balaban J connectivity index is 1.28. The third-order valence-corrected chi connectivity index (χ3v) is 7.91. The highest BCUT2D eigenvalue weighted by Crippen LogP contribution is 2.43. The molecule has 2 N–H and O–H groups in total. The van der Waals surface area contributed by atoms with Crippen molar-refractivity contribution >= 4 is 46.8 Å². The van der Waals surface area contributed by atoms with Crippen LogP contribution in [-0.2, 0) is 27.0 Å². The second-order valence-corrected chi connectivity index (χ2v) is 10.8. The molecule has 0 aromatic heterocycles. The number of piperidine rings is 1. The van der Waals surface area contributed by atoms with E-state index in [0.29, 0.717) is 57.3 Å². The molecule has 3 unspecified atom stereocenters. The lowest BCUT2D eigenvalue weighted by Crippen LogP contribution is -2.47. The van der Waals surface area contributed by atoms with Gasteiger partial charge in [0.1, 0.15) is 23.0 Å². The lowest BCUT2D eigenvalue weighted by atomic mass is 9.80. The number of nitrogens with one attached hydrogen (secondary N) is 1. The maximum Gasteiger partial charge on any atom is 0.306 e. The molecule has 0 aromatic carbocycles. The minimum absolute atomic E-state index is 0.130. The minimum Gasteiger partial charge on any atom is -0.481 e. The minimum atomic E-state index is -1.03. The quantitative estimate of drug-likeness (QED) is 0.135. The van der Waals surface area contributed by atoms with E-state index in [1.807, 2.05) is 27.9 Å². The van der Waals surface area contributed by atoms with Crippen LogP contribution in [0.2, 0.25) is 0 Å². The molecule has 3 aliphatic rings. The fourth-order valence-corrected chi connectivity index (χ4v) is 6.01. The molecule has 2 fully saturated rings. The molecule has 1 aliphatic heterocycles. The largest absolute Gasteiger partial charge is 0.481 e. The van der Waals surface area contributed by atoms with Crippen LogP contribution in [0.5, 0.6) is 0 Å². The molecule has 3 atom stereocenters. The van der Waals surface area contributed by atoms with Gasteiger partial charge in [-0.2, -0.15) is 0 Å². The van der Waals surface area contributed by atoms with Crippen LogP contribution in [0.4, 0.5) is 0 Å². The van der Waals surface area contributed by atoms with Crippen molar-refractivity contribution in [2.75, 3.05) is 32.8 Å². The number of aliphatic carboxylic acids is 1. The van der Waals surface area contributed by atoms with E-state index in [9.17, 15) is 19.2 Å². The van der Waals surface area contributed by atoms with Crippen molar-refractivity contribution in [1.82, 2.24) is 10.2 Å². The van der Waals surface area contributed by atoms with E-state index in [4.69, 9.17) is 12.9 Å². The molecule has 0 radical (unpaired) electrons. The molecule has 2 aliphatic carbocycles. The topological polar surface area (TPSA) is 122 Å². The van der Waals surface area contributed by atoms with Crippen molar-refractivity contribution in [3.05, 3.63) is 12.2 Å². The maximum absolute atomic E-state index is 12.6. The molecule has 0 spiro atoms. The second kappa shape index (κ2) is 13.6. The van der Waals surface area contributed by atoms with Crippen LogP contribution in [0.15, 0.2) is 12.2 Å². The Bertz CT molecular complexity index is 795. The number of unbranched alkanes of at least 4 members (excludes halogenated alkanes) is 2. The highest BCUT2D eigenvalue weighted by Gasteiger charge is 2.40. The summed E-state index contributed by atoms with van der Waals surface area (Å²) in [6.45, 7) is 2.41. The summed E-state index contributed by atoms with van der Waals surface area (Å²) in [6.07, 6.45) is 10.5. The maximum atomic E-state index is 12.6. The number of hydrogen-bond acceptors (Lipinski definition) is 6. The van der Waals surface area contributed by atoms with Gasteiger partial charge in [-0.25, -0.2) is 0 Å². The van der Waals surface area contributed by atoms with Crippen LogP contribution in [0.25, 0.3) is 0 Å². The number of allylic oxidation sites excluding steroid dienone is 2. The molecule has 35 heavy (non-hydrogen) atoms. The summed E-state index contributed by atoms with van der Waals surface area (Å²) in [5, 5.41) is 11.8. The van der Waals surface area contributed by atoms with Gasteiger partial charge in [0, 0.05) is 37.4 Å². The van der Waals surface area contributed by atoms with Crippen molar-refractivity contribution in [3.63, 3.8) is 0 Å². The number of hydrogen-bond donors (Lipinski definition) is 2. The van der Waals surface area contributed by atoms with Crippen LogP contribution in [-0.4, -0.2) is 66.6 Å². The molecule has 3 rings (SSSR count). The molecule has 196 valence electrons. The third kappa shape index (κ3) is 8.44. The number of carboxylic acid groups (broad SMARTS) is 1. The van der Waals surface area contributed by atoms with Gasteiger partial charge in [0.05, 0.1) is 26.1 Å². The summed E-state index contributed by atoms with van der Waals surface area (Å²) in [7, 11) is 0. The number of likely N-dealkylation sites (tertiary alicyclic amines) is 1. The van der Waals surface area contributed by atoms with Crippen LogP contribution in [0.3, 0.4) is 0 Å². The van der Waals surface area contributed by atoms with Gasteiger partial charge in [0.25, 0.3) is 0 Å². The molecule has 0 aromatic rings. The predicted octanol–water partition coefficient (Wildman–Crippen LogP) is 3.26. The first-order valence-corrected chi connectivity index (χ1v) is 13.5. The van der Waals surface area contributed by atoms with Crippen LogP contribution in [0, 0.1) is 23.2 Å². The summed E-state index contributed by atoms with van der Waals surface area (Å²) < 4.78 is 10.7. The number of halogens is 1. The molecule has 10 heteroatoms. The highest BCUT2D eigenvalue weighted by atomic mass is 127. The third-order valence-electron chi connectivity index (χ3n) is 7.60. The standard InChI is InChI=1S/C25H37IN2O7/c26-35-17-25(16-34-23(32)8-7-22(30)31)9-12-28(13-10-25)21(29)4-2-1-3-11-27-24(33)20-15-18-5-6-19(20)14-18/h5-6,18-20H,1-4,7-17H2,(H,27,33)(H,30,31). The summed E-state index contributed by atoms with van der Waals surface area (Å²) >= 11 is 1.82. The molecule has 2 amide bonds. The molecule has 9 nitrogen and oxygen atoms in total. The summed E-state index contributed by atoms with van der Waals surface area (Å²) in [6, 6.07) is 0. The van der Waals surface area contributed by atoms with Gasteiger partial charge in [-0.15, -0.1) is 0 Å². The van der Waals surface area contributed by atoms with E-state index in [1.54, 1.807) is 0 Å². The van der Waals surface area contributed by atoms with E-state index < -0.39 is 11.9 Å². The number of carbonyl (C=O) groups is 4. The highest BCUT2D eigenvalue weighted by molar-refractivity contribution is 14.1. The SMILES string of the molecule is O=C(O)CCC(=O)OCC1(COI)CCN(C(=O)CCCCCNC(=O)C2CC3C=CC2C3)CC1. The number of fused-ring (bicyclic) bond motifs is 2. The smallest absolute Gasteiger partial charge is 0.306 e. The Morgan fingerprint density at radius 1 is 1.00 bits per heavy atom. The number of nitrogens with zero attached hydrogens (tertiary/aromatic N) is 1. The number of carbonyl (C=O) groups excluding carboxylic acids is 3. The Labute approximate surface area is 221 Å². The second-order valence-electron chi connectivity index (χ2n) is 10.2. The Morgan fingerprint density at radius 2 is 1.77 bits per heavy atom. The van der Waals surface area contributed by atoms with Crippen LogP contribution < -0.4 is 5.32 Å². The zero-order valence-electron chi connectivity index (χ0n) is 20.2. The van der Waals surface area contributed by atoms with E-state index in [1.165, 1.54) is 0 Å². The van der Waals surface area contributed by atoms with E-state index in [-0.39, 0.29) is 42.6 Å². The van der Waals surface area contributed by atoms with Crippen LogP contribution >= 0.6 is 23.0 Å². The monoisotopic (exact) mass is 604 g/mol. The van der Waals surface area contributed by atoms with Gasteiger partial charge in [0.15, 0.2) is 0 Å². The van der Waals surface area contributed by atoms with Crippen LogP contribution in [0.1, 0.15) is 64.2 Å². The number of rotatable bonds is 14. The van der Waals surface area contributed by atoms with Gasteiger partial charge >= 0.3 is 11.9 Å². The molecule has 1 heterocycles. The normalized spacial score (nSPS) is 24.4. The summed E-state index contributed by atoms with van der Waals surface area (Å²) in [5.41, 5.74) is -0.357. The first-order valence-electron chi connectivity index (χ1n) is 12.7. The summed E-state index contributed by atoms with van der Waals surface area (Å²) in [4.78, 5) is 49.3. The molecule has 1 saturated carbocycles. The summed E-state index contributed by atoms with van der Waals surface area (Å²) in [5.74, 6) is -0.0888. The predicted molar refractivity (Wildman–Crippen MR) is 136 cm³/mol. The number of carboxylic acids is 1. The molecular formula is C25H37IN2O7. The van der Waals surface area contributed by atoms with Gasteiger partial charge in [-0.1, -0.05) is 18.6 Å². The fraction of sp³-hybridized carbons (Fsp3) is 0.760. The van der Waals surface area contributed by atoms with E-state index in [2.05, 4.69) is 17.5 Å². The Kier molecular flexibility index (Phi) is 10.8. The Morgan fingerprint density at radius 3 is 2.40 bits per heavy atom. The Hall–Kier alpha value is -1.69. The lowest BCUT2D eigenvalue weighted by Gasteiger charge is -2.40.